The predicted molar refractivity (Wildman–Crippen MR) is 88.6 cm³/mol. The van der Waals surface area contributed by atoms with Gasteiger partial charge in [-0.2, -0.15) is 0 Å². The van der Waals surface area contributed by atoms with Crippen molar-refractivity contribution in [2.45, 2.75) is 31.6 Å². The van der Waals surface area contributed by atoms with E-state index in [0.29, 0.717) is 5.92 Å². The fourth-order valence-electron chi connectivity index (χ4n) is 3.06. The molecule has 21 heavy (non-hydrogen) atoms. The maximum atomic E-state index is 5.91. The first-order chi connectivity index (χ1) is 10.3. The van der Waals surface area contributed by atoms with E-state index in [1.54, 1.807) is 12.4 Å². The molecule has 0 saturated heterocycles. The topological polar surface area (TPSA) is 22.1 Å². The van der Waals surface area contributed by atoms with Crippen molar-refractivity contribution in [2.75, 3.05) is 6.61 Å². The lowest BCUT2D eigenvalue weighted by Crippen LogP contribution is -2.19. The minimum atomic E-state index is 0.664. The van der Waals surface area contributed by atoms with Crippen molar-refractivity contribution in [2.24, 2.45) is 5.92 Å². The average Bonchev–Trinajstić information content (AvgIpc) is 2.55. The van der Waals surface area contributed by atoms with Crippen LogP contribution in [0.1, 0.15) is 37.2 Å². The molecule has 0 unspecified atom stereocenters. The van der Waals surface area contributed by atoms with E-state index in [1.165, 1.54) is 31.2 Å². The van der Waals surface area contributed by atoms with Crippen LogP contribution < -0.4 is 4.74 Å². The number of halogens is 1. The molecule has 0 amide bonds. The Hall–Kier alpha value is -1.35. The van der Waals surface area contributed by atoms with Gasteiger partial charge in [0.2, 0.25) is 0 Å². The smallest absolute Gasteiger partial charge is 0.151 e. The molecule has 0 aliphatic heterocycles. The Morgan fingerprint density at radius 2 is 1.81 bits per heavy atom. The summed E-state index contributed by atoms with van der Waals surface area (Å²) in [7, 11) is 0. The fourth-order valence-corrected chi connectivity index (χ4v) is 3.40. The van der Waals surface area contributed by atoms with E-state index in [0.717, 1.165) is 22.7 Å². The predicted octanol–water partition coefficient (Wildman–Crippen LogP) is 5.20. The number of aromatic nitrogens is 1. The van der Waals surface area contributed by atoms with Crippen molar-refractivity contribution in [1.29, 1.82) is 0 Å². The van der Waals surface area contributed by atoms with E-state index in [1.807, 2.05) is 6.07 Å². The molecule has 1 heterocycles. The van der Waals surface area contributed by atoms with Gasteiger partial charge in [-0.1, -0.05) is 30.3 Å². The quantitative estimate of drug-likeness (QED) is 0.759. The van der Waals surface area contributed by atoms with Crippen LogP contribution in [-0.2, 0) is 0 Å². The van der Waals surface area contributed by atoms with E-state index in [9.17, 15) is 0 Å². The van der Waals surface area contributed by atoms with Gasteiger partial charge in [-0.3, -0.25) is 4.98 Å². The van der Waals surface area contributed by atoms with Crippen LogP contribution in [0, 0.1) is 5.92 Å². The molecule has 3 rings (SSSR count). The van der Waals surface area contributed by atoms with Gasteiger partial charge < -0.3 is 4.74 Å². The number of hydrogen-bond acceptors (Lipinski definition) is 2. The van der Waals surface area contributed by atoms with E-state index in [-0.39, 0.29) is 0 Å². The molecular weight excluding hydrogens is 326 g/mol. The zero-order valence-electron chi connectivity index (χ0n) is 12.0. The molecule has 1 aliphatic rings. The molecule has 3 heteroatoms. The molecule has 0 atom stereocenters. The largest absolute Gasteiger partial charge is 0.490 e. The zero-order chi connectivity index (χ0) is 14.5. The number of hydrogen-bond donors (Lipinski definition) is 0. The molecule has 2 aromatic rings. The summed E-state index contributed by atoms with van der Waals surface area (Å²) in [6.07, 6.45) is 8.58. The number of benzene rings is 1. The summed E-state index contributed by atoms with van der Waals surface area (Å²) in [5, 5.41) is 0. The second-order valence-corrected chi connectivity index (χ2v) is 6.60. The van der Waals surface area contributed by atoms with Gasteiger partial charge in [0.1, 0.15) is 0 Å². The number of ether oxygens (including phenoxy) is 1. The molecule has 1 saturated carbocycles. The van der Waals surface area contributed by atoms with Gasteiger partial charge in [-0.15, -0.1) is 0 Å². The zero-order valence-corrected chi connectivity index (χ0v) is 13.6. The highest BCUT2D eigenvalue weighted by molar-refractivity contribution is 9.10. The third-order valence-electron chi connectivity index (χ3n) is 4.33. The maximum absolute atomic E-state index is 5.91. The third kappa shape index (κ3) is 3.85. The molecule has 1 aromatic heterocycles. The van der Waals surface area contributed by atoms with Crippen LogP contribution in [0.4, 0.5) is 0 Å². The monoisotopic (exact) mass is 345 g/mol. The van der Waals surface area contributed by atoms with E-state index in [2.05, 4.69) is 51.2 Å². The SMILES string of the molecule is Brc1ccncc1OC[C@H]1CC[C@@H](c2ccccc2)CC1. The molecule has 0 radical (unpaired) electrons. The van der Waals surface area contributed by atoms with Crippen molar-refractivity contribution in [3.8, 4) is 5.75 Å². The molecule has 1 aliphatic carbocycles. The Labute approximate surface area is 134 Å². The van der Waals surface area contributed by atoms with Crippen molar-refractivity contribution in [3.05, 3.63) is 58.8 Å². The second kappa shape index (κ2) is 7.08. The summed E-state index contributed by atoms with van der Waals surface area (Å²) in [6.45, 7) is 0.797. The average molecular weight is 346 g/mol. The summed E-state index contributed by atoms with van der Waals surface area (Å²) in [5.74, 6) is 2.24. The summed E-state index contributed by atoms with van der Waals surface area (Å²) < 4.78 is 6.89. The summed E-state index contributed by atoms with van der Waals surface area (Å²) >= 11 is 3.50. The van der Waals surface area contributed by atoms with Crippen LogP contribution in [0.5, 0.6) is 5.75 Å². The minimum Gasteiger partial charge on any atom is -0.490 e. The Kier molecular flexibility index (Phi) is 4.91. The molecule has 2 nitrogen and oxygen atoms in total. The molecule has 110 valence electrons. The fraction of sp³-hybridized carbons (Fsp3) is 0.389. The number of nitrogens with zero attached hydrogens (tertiary/aromatic N) is 1. The van der Waals surface area contributed by atoms with Crippen molar-refractivity contribution in [3.63, 3.8) is 0 Å². The van der Waals surface area contributed by atoms with E-state index in [4.69, 9.17) is 4.74 Å². The standard InChI is InChI=1S/C18H20BrNO/c19-17-10-11-20-12-18(17)21-13-14-6-8-16(9-7-14)15-4-2-1-3-5-15/h1-5,10-12,14,16H,6-9,13H2/t14-,16+. The lowest BCUT2D eigenvalue weighted by molar-refractivity contribution is 0.198. The third-order valence-corrected chi connectivity index (χ3v) is 4.98. The molecule has 0 bridgehead atoms. The lowest BCUT2D eigenvalue weighted by atomic mass is 9.79. The van der Waals surface area contributed by atoms with Crippen LogP contribution in [-0.4, -0.2) is 11.6 Å². The van der Waals surface area contributed by atoms with E-state index >= 15 is 0 Å². The van der Waals surface area contributed by atoms with Gasteiger partial charge in [-0.05, 0) is 65.1 Å². The molecular formula is C18H20BrNO. The van der Waals surface area contributed by atoms with Crippen LogP contribution in [0.2, 0.25) is 0 Å². The van der Waals surface area contributed by atoms with Gasteiger partial charge in [0.15, 0.2) is 5.75 Å². The van der Waals surface area contributed by atoms with Gasteiger partial charge in [-0.25, -0.2) is 0 Å². The molecule has 1 aromatic carbocycles. The van der Waals surface area contributed by atoms with E-state index < -0.39 is 0 Å². The summed E-state index contributed by atoms with van der Waals surface area (Å²) in [4.78, 5) is 4.11. The Morgan fingerprint density at radius 1 is 1.05 bits per heavy atom. The molecule has 0 spiro atoms. The Morgan fingerprint density at radius 3 is 2.52 bits per heavy atom. The van der Waals surface area contributed by atoms with Crippen LogP contribution >= 0.6 is 15.9 Å². The Balaban J connectivity index is 1.49. The normalized spacial score (nSPS) is 22.0. The Bertz CT molecular complexity index is 564. The van der Waals surface area contributed by atoms with Gasteiger partial charge in [0.25, 0.3) is 0 Å². The summed E-state index contributed by atoms with van der Waals surface area (Å²) in [5.41, 5.74) is 1.49. The first-order valence-corrected chi connectivity index (χ1v) is 8.39. The second-order valence-electron chi connectivity index (χ2n) is 5.75. The molecule has 1 fully saturated rings. The number of rotatable bonds is 4. The van der Waals surface area contributed by atoms with Crippen molar-refractivity contribution in [1.82, 2.24) is 4.98 Å². The highest BCUT2D eigenvalue weighted by Crippen LogP contribution is 2.36. The molecule has 0 N–H and O–H groups in total. The van der Waals surface area contributed by atoms with Crippen molar-refractivity contribution < 1.29 is 4.74 Å². The highest BCUT2D eigenvalue weighted by atomic mass is 79.9. The number of pyridine rings is 1. The minimum absolute atomic E-state index is 0.664. The first kappa shape index (κ1) is 14.6. The first-order valence-electron chi connectivity index (χ1n) is 7.60. The van der Waals surface area contributed by atoms with Gasteiger partial charge in [0, 0.05) is 6.20 Å². The summed E-state index contributed by atoms with van der Waals surface area (Å²) in [6, 6.07) is 12.8. The maximum Gasteiger partial charge on any atom is 0.151 e. The van der Waals surface area contributed by atoms with Gasteiger partial charge in [0.05, 0.1) is 17.3 Å². The van der Waals surface area contributed by atoms with Crippen LogP contribution in [0.25, 0.3) is 0 Å². The van der Waals surface area contributed by atoms with Crippen molar-refractivity contribution >= 4 is 15.9 Å². The highest BCUT2D eigenvalue weighted by Gasteiger charge is 2.22. The lowest BCUT2D eigenvalue weighted by Gasteiger charge is -2.28. The van der Waals surface area contributed by atoms with Crippen LogP contribution in [0.3, 0.4) is 0 Å². The van der Waals surface area contributed by atoms with Gasteiger partial charge >= 0.3 is 0 Å². The van der Waals surface area contributed by atoms with Crippen LogP contribution in [0.15, 0.2) is 53.3 Å².